The molecular weight excluding hydrogens is 424 g/mol. The van der Waals surface area contributed by atoms with Gasteiger partial charge in [-0.15, -0.1) is 0 Å². The Balaban J connectivity index is 1.70. The minimum atomic E-state index is 0.990. The highest BCUT2D eigenvalue weighted by Gasteiger charge is 2.23. The van der Waals surface area contributed by atoms with Gasteiger partial charge in [0.05, 0.1) is 11.4 Å². The summed E-state index contributed by atoms with van der Waals surface area (Å²) in [6.07, 6.45) is 0. The number of benzene rings is 4. The number of aromatic amines is 2. The van der Waals surface area contributed by atoms with Crippen LogP contribution in [0.1, 0.15) is 11.1 Å². The Hall–Kier alpha value is -4.01. The molecule has 0 saturated heterocycles. The quantitative estimate of drug-likeness (QED) is 0.272. The number of hydrogen-bond acceptors (Lipinski definition) is 0. The number of hydrogen-bond donors (Lipinski definition) is 2. The molecule has 4 aromatic carbocycles. The summed E-state index contributed by atoms with van der Waals surface area (Å²) in [5, 5.41) is 2.29. The van der Waals surface area contributed by atoms with Crippen molar-refractivity contribution >= 4 is 39.0 Å². The number of H-pyrrole nitrogens is 2. The molecule has 33 heavy (non-hydrogen) atoms. The summed E-state index contributed by atoms with van der Waals surface area (Å²) in [6.45, 7) is 0. The Bertz CT molecular complexity index is 1490. The van der Waals surface area contributed by atoms with E-state index in [4.69, 9.17) is 11.6 Å². The van der Waals surface area contributed by atoms with Gasteiger partial charge in [-0.3, -0.25) is 0 Å². The van der Waals surface area contributed by atoms with Gasteiger partial charge < -0.3 is 9.97 Å². The zero-order chi connectivity index (χ0) is 22.2. The van der Waals surface area contributed by atoms with Gasteiger partial charge >= 0.3 is 0 Å². The van der Waals surface area contributed by atoms with Crippen molar-refractivity contribution in [2.45, 2.75) is 0 Å². The van der Waals surface area contributed by atoms with Crippen LogP contribution >= 0.6 is 11.6 Å². The number of fused-ring (bicyclic) bond motifs is 2. The molecule has 0 saturated carbocycles. The maximum atomic E-state index is 6.68. The summed E-state index contributed by atoms with van der Waals surface area (Å²) in [4.78, 5) is 7.31. The van der Waals surface area contributed by atoms with Crippen molar-refractivity contribution in [1.82, 2.24) is 9.97 Å². The lowest BCUT2D eigenvalue weighted by Gasteiger charge is -2.12. The van der Waals surface area contributed by atoms with E-state index in [9.17, 15) is 0 Å². The number of rotatable bonds is 4. The molecule has 0 aliphatic rings. The highest BCUT2D eigenvalue weighted by atomic mass is 35.5. The van der Waals surface area contributed by atoms with Crippen molar-refractivity contribution in [3.63, 3.8) is 0 Å². The van der Waals surface area contributed by atoms with E-state index in [2.05, 4.69) is 107 Å². The minimum absolute atomic E-state index is 0.990. The van der Waals surface area contributed by atoms with Crippen molar-refractivity contribution in [3.8, 4) is 22.5 Å². The molecule has 0 unspecified atom stereocenters. The van der Waals surface area contributed by atoms with Crippen molar-refractivity contribution < 1.29 is 0 Å². The standard InChI is InChI=1S/C30H21ClN2/c31-19-24(27-22-15-7-9-17-25(22)32-29(27)20-11-3-1-4-12-20)28-23-16-8-10-18-26(23)33-30(28)21-13-5-2-6-14-21/h1-19,32-33H. The highest BCUT2D eigenvalue weighted by Crippen LogP contribution is 2.44. The molecule has 3 heteroatoms. The summed E-state index contributed by atoms with van der Waals surface area (Å²) in [7, 11) is 0. The molecule has 0 aliphatic carbocycles. The Morgan fingerprint density at radius 1 is 0.515 bits per heavy atom. The lowest BCUT2D eigenvalue weighted by molar-refractivity contribution is 1.43. The fourth-order valence-electron chi connectivity index (χ4n) is 4.72. The van der Waals surface area contributed by atoms with Crippen LogP contribution in [-0.4, -0.2) is 9.97 Å². The van der Waals surface area contributed by atoms with E-state index in [1.165, 1.54) is 0 Å². The number of para-hydroxylation sites is 2. The van der Waals surface area contributed by atoms with Crippen LogP contribution in [0, 0.1) is 0 Å². The molecule has 2 heterocycles. The number of halogens is 1. The maximum Gasteiger partial charge on any atom is 0.0545 e. The van der Waals surface area contributed by atoms with Crippen LogP contribution in [-0.2, 0) is 0 Å². The monoisotopic (exact) mass is 444 g/mol. The average Bonchev–Trinajstić information content (AvgIpc) is 3.46. The van der Waals surface area contributed by atoms with Gasteiger partial charge in [-0.25, -0.2) is 0 Å². The molecule has 0 bridgehead atoms. The van der Waals surface area contributed by atoms with Crippen LogP contribution in [0.15, 0.2) is 115 Å². The van der Waals surface area contributed by atoms with Gasteiger partial charge in [0.1, 0.15) is 0 Å². The molecule has 0 spiro atoms. The fourth-order valence-corrected chi connectivity index (χ4v) is 4.94. The molecule has 2 N–H and O–H groups in total. The lowest BCUT2D eigenvalue weighted by Crippen LogP contribution is -1.92. The third-order valence-electron chi connectivity index (χ3n) is 6.18. The molecule has 0 radical (unpaired) electrons. The van der Waals surface area contributed by atoms with Crippen LogP contribution in [0.5, 0.6) is 0 Å². The van der Waals surface area contributed by atoms with Crippen LogP contribution in [0.3, 0.4) is 0 Å². The largest absolute Gasteiger partial charge is 0.354 e. The maximum absolute atomic E-state index is 6.68. The molecular formula is C30H21ClN2. The third-order valence-corrected chi connectivity index (χ3v) is 6.40. The second-order valence-corrected chi connectivity index (χ2v) is 8.31. The molecule has 0 fully saturated rings. The summed E-state index contributed by atoms with van der Waals surface area (Å²) >= 11 is 6.68. The van der Waals surface area contributed by atoms with Crippen LogP contribution in [0.25, 0.3) is 49.9 Å². The van der Waals surface area contributed by atoms with Crippen molar-refractivity contribution in [2.75, 3.05) is 0 Å². The first-order chi connectivity index (χ1) is 16.3. The van der Waals surface area contributed by atoms with Crippen LogP contribution in [0.4, 0.5) is 0 Å². The minimum Gasteiger partial charge on any atom is -0.354 e. The van der Waals surface area contributed by atoms with Gasteiger partial charge in [0.15, 0.2) is 0 Å². The van der Waals surface area contributed by atoms with Crippen molar-refractivity contribution in [1.29, 1.82) is 0 Å². The second-order valence-electron chi connectivity index (χ2n) is 8.10. The molecule has 0 atom stereocenters. The summed E-state index contributed by atoms with van der Waals surface area (Å²) < 4.78 is 0. The Morgan fingerprint density at radius 2 is 0.909 bits per heavy atom. The smallest absolute Gasteiger partial charge is 0.0545 e. The number of nitrogens with one attached hydrogen (secondary N) is 2. The summed E-state index contributed by atoms with van der Waals surface area (Å²) in [5.74, 6) is 0. The zero-order valence-corrected chi connectivity index (χ0v) is 18.6. The second kappa shape index (κ2) is 8.16. The first-order valence-electron chi connectivity index (χ1n) is 11.0. The highest BCUT2D eigenvalue weighted by molar-refractivity contribution is 6.31. The van der Waals surface area contributed by atoms with E-state index in [1.54, 1.807) is 5.54 Å². The Morgan fingerprint density at radius 3 is 1.33 bits per heavy atom. The van der Waals surface area contributed by atoms with Gasteiger partial charge in [-0.05, 0) is 23.3 Å². The fraction of sp³-hybridized carbons (Fsp3) is 0. The van der Waals surface area contributed by atoms with Crippen molar-refractivity contribution in [3.05, 3.63) is 126 Å². The first kappa shape index (κ1) is 19.7. The van der Waals surface area contributed by atoms with E-state index in [0.29, 0.717) is 0 Å². The lowest BCUT2D eigenvalue weighted by atomic mass is 9.91. The third kappa shape index (κ3) is 3.27. The molecule has 0 amide bonds. The summed E-state index contributed by atoms with van der Waals surface area (Å²) in [6, 6.07) is 37.7. The predicted octanol–water partition coefficient (Wildman–Crippen LogP) is 8.61. The van der Waals surface area contributed by atoms with E-state index >= 15 is 0 Å². The summed E-state index contributed by atoms with van der Waals surface area (Å²) in [5.41, 5.74) is 11.5. The van der Waals surface area contributed by atoms with E-state index in [0.717, 1.165) is 61.0 Å². The zero-order valence-electron chi connectivity index (χ0n) is 17.8. The molecule has 0 aliphatic heterocycles. The molecule has 6 rings (SSSR count). The van der Waals surface area contributed by atoms with Crippen LogP contribution < -0.4 is 0 Å². The predicted molar refractivity (Wildman–Crippen MR) is 140 cm³/mol. The van der Waals surface area contributed by atoms with Gasteiger partial charge in [-0.1, -0.05) is 109 Å². The van der Waals surface area contributed by atoms with E-state index in [1.807, 2.05) is 12.1 Å². The van der Waals surface area contributed by atoms with Gasteiger partial charge in [-0.2, -0.15) is 0 Å². The molecule has 6 aromatic rings. The average molecular weight is 445 g/mol. The van der Waals surface area contributed by atoms with E-state index < -0.39 is 0 Å². The number of aromatic nitrogens is 2. The first-order valence-corrected chi connectivity index (χ1v) is 11.4. The molecule has 2 nitrogen and oxygen atoms in total. The Labute approximate surface area is 197 Å². The van der Waals surface area contributed by atoms with E-state index in [-0.39, 0.29) is 0 Å². The topological polar surface area (TPSA) is 31.6 Å². The molecule has 2 aromatic heterocycles. The van der Waals surface area contributed by atoms with Crippen molar-refractivity contribution in [2.24, 2.45) is 0 Å². The normalized spacial score (nSPS) is 11.2. The van der Waals surface area contributed by atoms with Gasteiger partial charge in [0.25, 0.3) is 0 Å². The Kier molecular flexibility index (Phi) is 4.86. The molecule has 158 valence electrons. The SMILES string of the molecule is ClC=C(c1c(-c2ccccc2)[nH]c2ccccc12)c1c(-c2ccccc2)[nH]c2ccccc12. The van der Waals surface area contributed by atoms with Gasteiger partial charge in [0, 0.05) is 44.0 Å². The van der Waals surface area contributed by atoms with Crippen LogP contribution in [0.2, 0.25) is 0 Å². The van der Waals surface area contributed by atoms with Gasteiger partial charge in [0.2, 0.25) is 0 Å².